The van der Waals surface area contributed by atoms with Gasteiger partial charge in [-0.2, -0.15) is 0 Å². The van der Waals surface area contributed by atoms with Crippen LogP contribution in [0.1, 0.15) is 30.4 Å². The summed E-state index contributed by atoms with van der Waals surface area (Å²) in [4.78, 5) is 0. The fourth-order valence-corrected chi connectivity index (χ4v) is 1.46. The molecule has 1 saturated carbocycles. The van der Waals surface area contributed by atoms with Crippen LogP contribution >= 0.6 is 0 Å². The maximum atomic E-state index is 13.2. The molecule has 1 N–H and O–H groups in total. The van der Waals surface area contributed by atoms with Gasteiger partial charge in [-0.1, -0.05) is 0 Å². The lowest BCUT2D eigenvalue weighted by molar-refractivity contribution is 0.139. The van der Waals surface area contributed by atoms with Crippen molar-refractivity contribution in [3.05, 3.63) is 34.9 Å². The number of aliphatic hydroxyl groups is 1. The topological polar surface area (TPSA) is 20.2 Å². The number of hydrogen-bond donors (Lipinski definition) is 1. The average Bonchev–Trinajstić information content (AvgIpc) is 2.89. The standard InChI is InChI=1S/C10H8F4O/c11-7-4-5(9(13)14)3-6(8(7)12)10(15)1-2-10/h3-4,9,15H,1-2H2. The largest absolute Gasteiger partial charge is 0.385 e. The van der Waals surface area contributed by atoms with E-state index in [1.54, 1.807) is 0 Å². The summed E-state index contributed by atoms with van der Waals surface area (Å²) in [6.07, 6.45) is -2.33. The lowest BCUT2D eigenvalue weighted by Crippen LogP contribution is -2.10. The van der Waals surface area contributed by atoms with Gasteiger partial charge in [-0.3, -0.25) is 0 Å². The predicted molar refractivity (Wildman–Crippen MR) is 44.4 cm³/mol. The molecule has 5 heteroatoms. The first-order chi connectivity index (χ1) is 6.94. The third kappa shape index (κ3) is 1.71. The van der Waals surface area contributed by atoms with Crippen molar-refractivity contribution in [2.75, 3.05) is 0 Å². The fourth-order valence-electron chi connectivity index (χ4n) is 1.46. The van der Waals surface area contributed by atoms with E-state index in [1.807, 2.05) is 0 Å². The molecule has 15 heavy (non-hydrogen) atoms. The molecular weight excluding hydrogens is 212 g/mol. The van der Waals surface area contributed by atoms with Crippen LogP contribution in [-0.4, -0.2) is 5.11 Å². The molecule has 0 unspecified atom stereocenters. The Kier molecular flexibility index (Phi) is 2.22. The second-order valence-electron chi connectivity index (χ2n) is 3.70. The molecular formula is C10H8F4O. The zero-order chi connectivity index (χ0) is 11.2. The first kappa shape index (κ1) is 10.4. The molecule has 0 heterocycles. The van der Waals surface area contributed by atoms with E-state index < -0.39 is 29.2 Å². The Morgan fingerprint density at radius 3 is 2.27 bits per heavy atom. The Labute approximate surface area is 83.3 Å². The van der Waals surface area contributed by atoms with Crippen LogP contribution in [0.5, 0.6) is 0 Å². The molecule has 82 valence electrons. The van der Waals surface area contributed by atoms with E-state index in [1.165, 1.54) is 0 Å². The zero-order valence-corrected chi connectivity index (χ0v) is 7.61. The van der Waals surface area contributed by atoms with Gasteiger partial charge < -0.3 is 5.11 Å². The number of hydrogen-bond acceptors (Lipinski definition) is 1. The van der Waals surface area contributed by atoms with Crippen LogP contribution < -0.4 is 0 Å². The van der Waals surface area contributed by atoms with Crippen LogP contribution in [0.2, 0.25) is 0 Å². The van der Waals surface area contributed by atoms with Crippen molar-refractivity contribution >= 4 is 0 Å². The molecule has 0 radical (unpaired) electrons. The summed E-state index contributed by atoms with van der Waals surface area (Å²) >= 11 is 0. The van der Waals surface area contributed by atoms with E-state index in [0.717, 1.165) is 6.07 Å². The number of alkyl halides is 2. The van der Waals surface area contributed by atoms with E-state index in [9.17, 15) is 22.7 Å². The SMILES string of the molecule is OC1(c2cc(C(F)F)cc(F)c2F)CC1. The Morgan fingerprint density at radius 2 is 1.80 bits per heavy atom. The van der Waals surface area contributed by atoms with E-state index in [0.29, 0.717) is 6.07 Å². The molecule has 1 aromatic rings. The van der Waals surface area contributed by atoms with Crippen molar-refractivity contribution in [1.29, 1.82) is 0 Å². The first-order valence-corrected chi connectivity index (χ1v) is 4.44. The third-order valence-corrected chi connectivity index (χ3v) is 2.53. The number of benzene rings is 1. The molecule has 1 aromatic carbocycles. The molecule has 0 aliphatic heterocycles. The third-order valence-electron chi connectivity index (χ3n) is 2.53. The molecule has 1 aliphatic carbocycles. The van der Waals surface area contributed by atoms with Crippen molar-refractivity contribution in [2.24, 2.45) is 0 Å². The van der Waals surface area contributed by atoms with Gasteiger partial charge in [-0.25, -0.2) is 17.6 Å². The maximum absolute atomic E-state index is 13.2. The minimum atomic E-state index is -2.87. The van der Waals surface area contributed by atoms with Crippen LogP contribution in [0.15, 0.2) is 12.1 Å². The molecule has 1 nitrogen and oxygen atoms in total. The quantitative estimate of drug-likeness (QED) is 0.760. The van der Waals surface area contributed by atoms with Gasteiger partial charge in [0, 0.05) is 11.1 Å². The van der Waals surface area contributed by atoms with Gasteiger partial charge in [0.15, 0.2) is 11.6 Å². The predicted octanol–water partition coefficient (Wildman–Crippen LogP) is 2.88. The van der Waals surface area contributed by atoms with E-state index in [2.05, 4.69) is 0 Å². The second kappa shape index (κ2) is 3.20. The van der Waals surface area contributed by atoms with Crippen molar-refractivity contribution in [3.63, 3.8) is 0 Å². The highest BCUT2D eigenvalue weighted by atomic mass is 19.3. The molecule has 0 spiro atoms. The van der Waals surface area contributed by atoms with E-state index in [4.69, 9.17) is 0 Å². The molecule has 1 fully saturated rings. The van der Waals surface area contributed by atoms with Gasteiger partial charge in [0.25, 0.3) is 6.43 Å². The summed E-state index contributed by atoms with van der Waals surface area (Å²) in [5.41, 5.74) is -2.42. The highest BCUT2D eigenvalue weighted by molar-refractivity contribution is 5.34. The molecule has 0 bridgehead atoms. The molecule has 2 rings (SSSR count). The highest BCUT2D eigenvalue weighted by Crippen LogP contribution is 2.47. The van der Waals surface area contributed by atoms with Crippen LogP contribution in [-0.2, 0) is 5.60 Å². The fraction of sp³-hybridized carbons (Fsp3) is 0.400. The lowest BCUT2D eigenvalue weighted by Gasteiger charge is -2.12. The van der Waals surface area contributed by atoms with Crippen molar-refractivity contribution in [3.8, 4) is 0 Å². The number of halogens is 4. The van der Waals surface area contributed by atoms with Crippen LogP contribution in [0.25, 0.3) is 0 Å². The van der Waals surface area contributed by atoms with Gasteiger partial charge >= 0.3 is 0 Å². The smallest absolute Gasteiger partial charge is 0.263 e. The molecule has 1 aliphatic rings. The second-order valence-corrected chi connectivity index (χ2v) is 3.70. The van der Waals surface area contributed by atoms with E-state index in [-0.39, 0.29) is 18.4 Å². The Balaban J connectivity index is 2.53. The van der Waals surface area contributed by atoms with Crippen LogP contribution in [0, 0.1) is 11.6 Å². The van der Waals surface area contributed by atoms with Gasteiger partial charge in [-0.15, -0.1) is 0 Å². The summed E-state index contributed by atoms with van der Waals surface area (Å²) in [6, 6.07) is 1.28. The van der Waals surface area contributed by atoms with Crippen LogP contribution in [0.3, 0.4) is 0 Å². The minimum absolute atomic E-state index is 0.274. The average molecular weight is 220 g/mol. The van der Waals surface area contributed by atoms with Crippen molar-refractivity contribution in [1.82, 2.24) is 0 Å². The maximum Gasteiger partial charge on any atom is 0.263 e. The van der Waals surface area contributed by atoms with Crippen LogP contribution in [0.4, 0.5) is 17.6 Å². The van der Waals surface area contributed by atoms with Gasteiger partial charge in [-0.05, 0) is 25.0 Å². The van der Waals surface area contributed by atoms with Crippen molar-refractivity contribution in [2.45, 2.75) is 24.9 Å². The lowest BCUT2D eigenvalue weighted by atomic mass is 10.0. The summed E-state index contributed by atoms with van der Waals surface area (Å²) < 4.78 is 50.7. The summed E-state index contributed by atoms with van der Waals surface area (Å²) in [5, 5.41) is 9.56. The van der Waals surface area contributed by atoms with Crippen molar-refractivity contribution < 1.29 is 22.7 Å². The Bertz CT molecular complexity index is 399. The normalized spacial score (nSPS) is 18.3. The Hall–Kier alpha value is -1.10. The highest BCUT2D eigenvalue weighted by Gasteiger charge is 2.45. The van der Waals surface area contributed by atoms with Gasteiger partial charge in [0.1, 0.15) is 0 Å². The molecule has 0 aromatic heterocycles. The monoisotopic (exact) mass is 220 g/mol. The summed E-state index contributed by atoms with van der Waals surface area (Å²) in [7, 11) is 0. The van der Waals surface area contributed by atoms with E-state index >= 15 is 0 Å². The molecule has 0 atom stereocenters. The Morgan fingerprint density at radius 1 is 1.20 bits per heavy atom. The molecule has 0 amide bonds. The first-order valence-electron chi connectivity index (χ1n) is 4.44. The molecule has 0 saturated heterocycles. The number of rotatable bonds is 2. The minimum Gasteiger partial charge on any atom is -0.385 e. The van der Waals surface area contributed by atoms with Gasteiger partial charge in [0.2, 0.25) is 0 Å². The summed E-state index contributed by atoms with van der Waals surface area (Å²) in [5.74, 6) is -2.58. The van der Waals surface area contributed by atoms with Gasteiger partial charge in [0.05, 0.1) is 5.60 Å². The summed E-state index contributed by atoms with van der Waals surface area (Å²) in [6.45, 7) is 0. The zero-order valence-electron chi connectivity index (χ0n) is 7.61.